The van der Waals surface area contributed by atoms with Crippen molar-refractivity contribution in [3.05, 3.63) is 47.9 Å². The predicted molar refractivity (Wildman–Crippen MR) is 70.9 cm³/mol. The van der Waals surface area contributed by atoms with E-state index >= 15 is 0 Å². The van der Waals surface area contributed by atoms with E-state index in [1.54, 1.807) is 24.3 Å². The summed E-state index contributed by atoms with van der Waals surface area (Å²) < 4.78 is 31.6. The Labute approximate surface area is 116 Å². The highest BCUT2D eigenvalue weighted by Crippen LogP contribution is 2.14. The first kappa shape index (κ1) is 14.3. The maximum Gasteiger partial charge on any atom is 0.242 e. The van der Waals surface area contributed by atoms with Gasteiger partial charge in [-0.15, -0.1) is 0 Å². The van der Waals surface area contributed by atoms with Crippen molar-refractivity contribution in [1.82, 2.24) is 9.88 Å². The van der Waals surface area contributed by atoms with Crippen LogP contribution in [-0.2, 0) is 16.6 Å². The Morgan fingerprint density at radius 3 is 2.80 bits per heavy atom. The molecule has 104 valence electrons. The first-order valence-electron chi connectivity index (χ1n) is 5.71. The third kappa shape index (κ3) is 3.45. The van der Waals surface area contributed by atoms with Crippen LogP contribution < -0.4 is 4.72 Å². The molecule has 2 aromatic rings. The monoisotopic (exact) mass is 292 g/mol. The molecular formula is C13H12N2O4S. The Bertz CT molecular complexity index is 727. The van der Waals surface area contributed by atoms with E-state index in [1.807, 2.05) is 0 Å². The zero-order valence-electron chi connectivity index (χ0n) is 10.4. The minimum Gasteiger partial charge on any atom is -0.384 e. The third-order valence-electron chi connectivity index (χ3n) is 2.41. The summed E-state index contributed by atoms with van der Waals surface area (Å²) in [5.74, 6) is 5.45. The number of rotatable bonds is 4. The zero-order valence-corrected chi connectivity index (χ0v) is 11.2. The topological polar surface area (TPSA) is 92.4 Å². The number of aliphatic hydroxyl groups excluding tert-OH is 1. The molecule has 0 atom stereocenters. The summed E-state index contributed by atoms with van der Waals surface area (Å²) in [5.41, 5.74) is 0.326. The number of hydrogen-bond donors (Lipinski definition) is 2. The summed E-state index contributed by atoms with van der Waals surface area (Å²) in [5, 5.41) is 12.2. The number of nitrogens with one attached hydrogen (secondary N) is 1. The second kappa shape index (κ2) is 6.34. The lowest BCUT2D eigenvalue weighted by Gasteiger charge is -2.07. The molecule has 20 heavy (non-hydrogen) atoms. The highest BCUT2D eigenvalue weighted by molar-refractivity contribution is 7.89. The van der Waals surface area contributed by atoms with Crippen LogP contribution in [0, 0.1) is 11.8 Å². The molecule has 6 nitrogen and oxygen atoms in total. The minimum atomic E-state index is -3.72. The van der Waals surface area contributed by atoms with Crippen molar-refractivity contribution in [3.63, 3.8) is 0 Å². The van der Waals surface area contributed by atoms with Crippen molar-refractivity contribution in [2.24, 2.45) is 0 Å². The molecule has 7 heteroatoms. The SMILES string of the molecule is O=S(=O)(NCc1ccno1)c1ccccc1C#CCO. The highest BCUT2D eigenvalue weighted by Gasteiger charge is 2.17. The number of aromatic nitrogens is 1. The number of aliphatic hydroxyl groups is 1. The van der Waals surface area contributed by atoms with Crippen LogP contribution in [0.5, 0.6) is 0 Å². The third-order valence-corrected chi connectivity index (χ3v) is 3.87. The van der Waals surface area contributed by atoms with Gasteiger partial charge in [-0.05, 0) is 12.1 Å². The van der Waals surface area contributed by atoms with Crippen LogP contribution in [0.3, 0.4) is 0 Å². The number of benzene rings is 1. The molecule has 0 saturated carbocycles. The van der Waals surface area contributed by atoms with Crippen LogP contribution in [0.1, 0.15) is 11.3 Å². The van der Waals surface area contributed by atoms with Crippen LogP contribution >= 0.6 is 0 Å². The number of nitrogens with zero attached hydrogens (tertiary/aromatic N) is 1. The average Bonchev–Trinajstić information content (AvgIpc) is 2.97. The van der Waals surface area contributed by atoms with Crippen LogP contribution in [0.2, 0.25) is 0 Å². The van der Waals surface area contributed by atoms with Crippen molar-refractivity contribution < 1.29 is 18.0 Å². The van der Waals surface area contributed by atoms with Gasteiger partial charge in [-0.1, -0.05) is 29.1 Å². The standard InChI is InChI=1S/C13H12N2O4S/c16-9-3-5-11-4-1-2-6-13(11)20(17,18)15-10-12-7-8-14-19-12/h1-2,4,6-8,15-16H,9-10H2. The molecule has 0 radical (unpaired) electrons. The Morgan fingerprint density at radius 1 is 1.30 bits per heavy atom. The van der Waals surface area contributed by atoms with Crippen LogP contribution in [0.4, 0.5) is 0 Å². The highest BCUT2D eigenvalue weighted by atomic mass is 32.2. The second-order valence-corrected chi connectivity index (χ2v) is 5.49. The fraction of sp³-hybridized carbons (Fsp3) is 0.154. The normalized spacial score (nSPS) is 10.8. The molecule has 0 saturated heterocycles. The summed E-state index contributed by atoms with van der Waals surface area (Å²) >= 11 is 0. The summed E-state index contributed by atoms with van der Waals surface area (Å²) in [4.78, 5) is 0.0560. The van der Waals surface area contributed by atoms with Crippen LogP contribution in [0.15, 0.2) is 45.9 Å². The van der Waals surface area contributed by atoms with E-state index < -0.39 is 10.0 Å². The maximum absolute atomic E-state index is 12.2. The summed E-state index contributed by atoms with van der Waals surface area (Å²) in [6.07, 6.45) is 1.43. The molecule has 0 aliphatic rings. The molecule has 0 bridgehead atoms. The van der Waals surface area contributed by atoms with E-state index in [9.17, 15) is 8.42 Å². The van der Waals surface area contributed by atoms with Gasteiger partial charge in [0.25, 0.3) is 0 Å². The molecule has 1 aromatic heterocycles. The average molecular weight is 292 g/mol. The second-order valence-electron chi connectivity index (χ2n) is 3.76. The van der Waals surface area contributed by atoms with Gasteiger partial charge in [0.05, 0.1) is 17.6 Å². The Morgan fingerprint density at radius 2 is 2.10 bits per heavy atom. The number of sulfonamides is 1. The molecule has 0 unspecified atom stereocenters. The summed E-state index contributed by atoms with van der Waals surface area (Å²) in [7, 11) is -3.72. The van der Waals surface area contributed by atoms with Gasteiger partial charge in [0.2, 0.25) is 10.0 Å². The van der Waals surface area contributed by atoms with Crippen molar-refractivity contribution in [2.45, 2.75) is 11.4 Å². The van der Waals surface area contributed by atoms with Gasteiger partial charge in [0.15, 0.2) is 5.76 Å². The van der Waals surface area contributed by atoms with Crippen LogP contribution in [0.25, 0.3) is 0 Å². The Balaban J connectivity index is 2.25. The quantitative estimate of drug-likeness (QED) is 0.800. The van der Waals surface area contributed by atoms with Gasteiger partial charge < -0.3 is 9.63 Å². The Hall–Kier alpha value is -2.14. The fourth-order valence-electron chi connectivity index (χ4n) is 1.52. The van der Waals surface area contributed by atoms with E-state index in [0.29, 0.717) is 11.3 Å². The molecule has 1 aromatic carbocycles. The molecule has 2 rings (SSSR count). The van der Waals surface area contributed by atoms with Crippen molar-refractivity contribution in [1.29, 1.82) is 0 Å². The van der Waals surface area contributed by atoms with Gasteiger partial charge in [-0.25, -0.2) is 13.1 Å². The summed E-state index contributed by atoms with van der Waals surface area (Å²) in [6, 6.07) is 7.87. The number of hydrogen-bond acceptors (Lipinski definition) is 5. The molecule has 0 amide bonds. The smallest absolute Gasteiger partial charge is 0.242 e. The molecule has 1 heterocycles. The largest absolute Gasteiger partial charge is 0.384 e. The van der Waals surface area contributed by atoms with Gasteiger partial charge in [-0.3, -0.25) is 0 Å². The van der Waals surface area contributed by atoms with Gasteiger partial charge in [0, 0.05) is 11.6 Å². The lowest BCUT2D eigenvalue weighted by Crippen LogP contribution is -2.23. The maximum atomic E-state index is 12.2. The molecule has 2 N–H and O–H groups in total. The van der Waals surface area contributed by atoms with Crippen molar-refractivity contribution >= 4 is 10.0 Å². The summed E-state index contributed by atoms with van der Waals surface area (Å²) in [6.45, 7) is -0.329. The van der Waals surface area contributed by atoms with Crippen LogP contribution in [-0.4, -0.2) is 25.3 Å². The van der Waals surface area contributed by atoms with Crippen molar-refractivity contribution in [2.75, 3.05) is 6.61 Å². The predicted octanol–water partition coefficient (Wildman–Crippen LogP) is 0.497. The first-order chi connectivity index (χ1) is 9.63. The molecule has 0 aliphatic carbocycles. The van der Waals surface area contributed by atoms with Gasteiger partial charge in [0.1, 0.15) is 6.61 Å². The van der Waals surface area contributed by atoms with E-state index in [2.05, 4.69) is 21.7 Å². The van der Waals surface area contributed by atoms with E-state index in [1.165, 1.54) is 12.3 Å². The lowest BCUT2D eigenvalue weighted by atomic mass is 10.2. The first-order valence-corrected chi connectivity index (χ1v) is 7.20. The molecular weight excluding hydrogens is 280 g/mol. The Kier molecular flexibility index (Phi) is 4.53. The minimum absolute atomic E-state index is 0.00406. The zero-order chi connectivity index (χ0) is 14.4. The molecule has 0 fully saturated rings. The van der Waals surface area contributed by atoms with Gasteiger partial charge in [-0.2, -0.15) is 0 Å². The van der Waals surface area contributed by atoms with E-state index in [-0.39, 0.29) is 18.0 Å². The molecule has 0 aliphatic heterocycles. The van der Waals surface area contributed by atoms with E-state index in [0.717, 1.165) is 0 Å². The lowest BCUT2D eigenvalue weighted by molar-refractivity contribution is 0.350. The van der Waals surface area contributed by atoms with E-state index in [4.69, 9.17) is 9.63 Å². The molecule has 0 spiro atoms. The fourth-order valence-corrected chi connectivity index (χ4v) is 2.67. The van der Waals surface area contributed by atoms with Crippen molar-refractivity contribution in [3.8, 4) is 11.8 Å². The van der Waals surface area contributed by atoms with Gasteiger partial charge >= 0.3 is 0 Å².